The van der Waals surface area contributed by atoms with E-state index in [2.05, 4.69) is 10.3 Å². The molecule has 1 N–H and O–H groups in total. The lowest BCUT2D eigenvalue weighted by Crippen LogP contribution is -2.12. The van der Waals surface area contributed by atoms with Crippen LogP contribution in [0.1, 0.15) is 12.0 Å². The number of hydrogen-bond donors (Lipinski definition) is 1. The predicted octanol–water partition coefficient (Wildman–Crippen LogP) is 4.54. The van der Waals surface area contributed by atoms with E-state index >= 15 is 0 Å². The van der Waals surface area contributed by atoms with Crippen molar-refractivity contribution in [1.82, 2.24) is 4.98 Å². The molecule has 2 aromatic carbocycles. The summed E-state index contributed by atoms with van der Waals surface area (Å²) in [6.45, 7) is 0. The van der Waals surface area contributed by atoms with Crippen molar-refractivity contribution in [2.45, 2.75) is 12.8 Å². The van der Waals surface area contributed by atoms with Crippen molar-refractivity contribution in [3.05, 3.63) is 59.2 Å². The molecule has 0 atom stereocenters. The second-order valence-corrected chi connectivity index (χ2v) is 6.61. The Kier molecular flexibility index (Phi) is 6.03. The van der Waals surface area contributed by atoms with Crippen LogP contribution >= 0.6 is 11.3 Å². The zero-order chi connectivity index (χ0) is 19.2. The molecule has 0 fully saturated rings. The summed E-state index contributed by atoms with van der Waals surface area (Å²) in [7, 11) is 3.03. The number of aromatic nitrogens is 1. The van der Waals surface area contributed by atoms with Crippen LogP contribution in [-0.2, 0) is 11.2 Å². The maximum atomic E-state index is 13.8. The lowest BCUT2D eigenvalue weighted by atomic mass is 10.1. The van der Waals surface area contributed by atoms with Crippen LogP contribution in [0, 0.1) is 5.82 Å². The summed E-state index contributed by atoms with van der Waals surface area (Å²) >= 11 is 1.30. The van der Waals surface area contributed by atoms with E-state index in [-0.39, 0.29) is 11.7 Å². The van der Waals surface area contributed by atoms with E-state index < -0.39 is 5.82 Å². The Morgan fingerprint density at radius 1 is 1.15 bits per heavy atom. The van der Waals surface area contributed by atoms with Gasteiger partial charge in [0.25, 0.3) is 0 Å². The van der Waals surface area contributed by atoms with Gasteiger partial charge in [-0.05, 0) is 36.2 Å². The maximum absolute atomic E-state index is 13.8. The lowest BCUT2D eigenvalue weighted by molar-refractivity contribution is -0.116. The topological polar surface area (TPSA) is 60.5 Å². The van der Waals surface area contributed by atoms with Gasteiger partial charge in [-0.1, -0.05) is 18.2 Å². The van der Waals surface area contributed by atoms with Gasteiger partial charge in [0.2, 0.25) is 5.91 Å². The molecule has 0 unspecified atom stereocenters. The van der Waals surface area contributed by atoms with E-state index in [1.54, 1.807) is 24.6 Å². The van der Waals surface area contributed by atoms with Crippen molar-refractivity contribution in [2.24, 2.45) is 0 Å². The molecule has 1 aromatic heterocycles. The minimum Gasteiger partial charge on any atom is -0.496 e. The first-order chi connectivity index (χ1) is 13.1. The van der Waals surface area contributed by atoms with E-state index in [9.17, 15) is 9.18 Å². The monoisotopic (exact) mass is 386 g/mol. The first-order valence-corrected chi connectivity index (χ1v) is 9.20. The second kappa shape index (κ2) is 8.64. The molecule has 3 aromatic rings. The third-order valence-electron chi connectivity index (χ3n) is 4.01. The Balaban J connectivity index is 1.62. The molecule has 0 aliphatic heterocycles. The largest absolute Gasteiger partial charge is 0.496 e. The number of benzene rings is 2. The molecule has 3 rings (SSSR count). The third-order valence-corrected chi connectivity index (χ3v) is 4.77. The summed E-state index contributed by atoms with van der Waals surface area (Å²) in [4.78, 5) is 16.6. The molecule has 27 heavy (non-hydrogen) atoms. The number of halogens is 1. The SMILES string of the molecule is COc1ccc(-c2csc(NC(=O)CCc3ccccc3OC)n2)cc1F. The Bertz CT molecular complexity index is 942. The molecule has 0 saturated carbocycles. The predicted molar refractivity (Wildman–Crippen MR) is 104 cm³/mol. The first-order valence-electron chi connectivity index (χ1n) is 8.32. The molecule has 5 nitrogen and oxygen atoms in total. The molecular formula is C20H19FN2O3S. The summed E-state index contributed by atoms with van der Waals surface area (Å²) in [6, 6.07) is 12.2. The van der Waals surface area contributed by atoms with Gasteiger partial charge in [0, 0.05) is 17.4 Å². The normalized spacial score (nSPS) is 10.5. The van der Waals surface area contributed by atoms with Crippen LogP contribution in [0.15, 0.2) is 47.8 Å². The standard InChI is InChI=1S/C20H19FN2O3S/c1-25-17-6-4-3-5-13(17)8-10-19(24)23-20-22-16(12-27-20)14-7-9-18(26-2)15(21)11-14/h3-7,9,11-12H,8,10H2,1-2H3,(H,22,23,24). The fourth-order valence-corrected chi connectivity index (χ4v) is 3.36. The quantitative estimate of drug-likeness (QED) is 0.648. The number of rotatable bonds is 7. The van der Waals surface area contributed by atoms with E-state index in [4.69, 9.17) is 9.47 Å². The molecule has 0 bridgehead atoms. The zero-order valence-corrected chi connectivity index (χ0v) is 15.8. The highest BCUT2D eigenvalue weighted by Gasteiger charge is 2.11. The molecule has 0 radical (unpaired) electrons. The number of carbonyl (C=O) groups is 1. The molecule has 1 amide bonds. The molecule has 7 heteroatoms. The molecule has 140 valence electrons. The number of aryl methyl sites for hydroxylation is 1. The number of hydrogen-bond acceptors (Lipinski definition) is 5. The number of thiazole rings is 1. The molecule has 0 spiro atoms. The number of para-hydroxylation sites is 1. The van der Waals surface area contributed by atoms with Gasteiger partial charge in [-0.15, -0.1) is 11.3 Å². The second-order valence-electron chi connectivity index (χ2n) is 5.75. The number of nitrogens with zero attached hydrogens (tertiary/aromatic N) is 1. The highest BCUT2D eigenvalue weighted by molar-refractivity contribution is 7.14. The van der Waals surface area contributed by atoms with Gasteiger partial charge in [0.05, 0.1) is 19.9 Å². The van der Waals surface area contributed by atoms with E-state index in [1.165, 1.54) is 24.5 Å². The van der Waals surface area contributed by atoms with Crippen LogP contribution in [0.2, 0.25) is 0 Å². The summed E-state index contributed by atoms with van der Waals surface area (Å²) in [5.41, 5.74) is 2.20. The van der Waals surface area contributed by atoms with Crippen molar-refractivity contribution in [3.63, 3.8) is 0 Å². The smallest absolute Gasteiger partial charge is 0.226 e. The van der Waals surface area contributed by atoms with Crippen molar-refractivity contribution in [2.75, 3.05) is 19.5 Å². The minimum atomic E-state index is -0.453. The number of ether oxygens (including phenoxy) is 2. The maximum Gasteiger partial charge on any atom is 0.226 e. The fourth-order valence-electron chi connectivity index (χ4n) is 2.63. The molecule has 0 saturated heterocycles. The van der Waals surface area contributed by atoms with Crippen molar-refractivity contribution < 1.29 is 18.7 Å². The van der Waals surface area contributed by atoms with Crippen LogP contribution < -0.4 is 14.8 Å². The third kappa shape index (κ3) is 4.62. The highest BCUT2D eigenvalue weighted by Crippen LogP contribution is 2.28. The van der Waals surface area contributed by atoms with Crippen molar-refractivity contribution in [1.29, 1.82) is 0 Å². The van der Waals surface area contributed by atoms with Crippen molar-refractivity contribution in [3.8, 4) is 22.8 Å². The van der Waals surface area contributed by atoms with Crippen LogP contribution in [0.3, 0.4) is 0 Å². The van der Waals surface area contributed by atoms with Gasteiger partial charge in [-0.3, -0.25) is 4.79 Å². The molecule has 0 aliphatic rings. The number of amides is 1. The van der Waals surface area contributed by atoms with Gasteiger partial charge >= 0.3 is 0 Å². The minimum absolute atomic E-state index is 0.136. The molecule has 0 aliphatic carbocycles. The van der Waals surface area contributed by atoms with Gasteiger partial charge in [0.15, 0.2) is 16.7 Å². The van der Waals surface area contributed by atoms with Gasteiger partial charge in [0.1, 0.15) is 5.75 Å². The Morgan fingerprint density at radius 2 is 1.93 bits per heavy atom. The molecule has 1 heterocycles. The Morgan fingerprint density at radius 3 is 2.67 bits per heavy atom. The summed E-state index contributed by atoms with van der Waals surface area (Å²) in [6.07, 6.45) is 0.879. The summed E-state index contributed by atoms with van der Waals surface area (Å²) in [5, 5.41) is 5.04. The van der Waals surface area contributed by atoms with Crippen LogP contribution in [0.4, 0.5) is 9.52 Å². The van der Waals surface area contributed by atoms with E-state index in [0.717, 1.165) is 11.3 Å². The van der Waals surface area contributed by atoms with Crippen LogP contribution in [-0.4, -0.2) is 25.1 Å². The first kappa shape index (κ1) is 18.8. The zero-order valence-electron chi connectivity index (χ0n) is 15.0. The number of methoxy groups -OCH3 is 2. The van der Waals surface area contributed by atoms with Crippen LogP contribution in [0.25, 0.3) is 11.3 Å². The molecular weight excluding hydrogens is 367 g/mol. The number of carbonyl (C=O) groups excluding carboxylic acids is 1. The van der Waals surface area contributed by atoms with Gasteiger partial charge in [-0.2, -0.15) is 0 Å². The van der Waals surface area contributed by atoms with E-state index in [1.807, 2.05) is 24.3 Å². The number of anilines is 1. The van der Waals surface area contributed by atoms with Crippen molar-refractivity contribution >= 4 is 22.4 Å². The summed E-state index contributed by atoms with van der Waals surface area (Å²) in [5.74, 6) is 0.357. The Labute approximate surface area is 160 Å². The van der Waals surface area contributed by atoms with E-state index in [0.29, 0.717) is 29.2 Å². The highest BCUT2D eigenvalue weighted by atomic mass is 32.1. The van der Waals surface area contributed by atoms with Gasteiger partial charge < -0.3 is 14.8 Å². The summed E-state index contributed by atoms with van der Waals surface area (Å²) < 4.78 is 24.1. The average Bonchev–Trinajstić information content (AvgIpc) is 3.15. The Hall–Kier alpha value is -2.93. The van der Waals surface area contributed by atoms with Crippen LogP contribution in [0.5, 0.6) is 11.5 Å². The average molecular weight is 386 g/mol. The number of nitrogens with one attached hydrogen (secondary N) is 1. The fraction of sp³-hybridized carbons (Fsp3) is 0.200. The lowest BCUT2D eigenvalue weighted by Gasteiger charge is -2.07. The van der Waals surface area contributed by atoms with Gasteiger partial charge in [-0.25, -0.2) is 9.37 Å².